The summed E-state index contributed by atoms with van der Waals surface area (Å²) in [5.41, 5.74) is 3.56. The third-order valence-electron chi connectivity index (χ3n) is 6.85. The number of aromatic nitrogens is 3. The molecule has 7 rings (SSSR count). The quantitative estimate of drug-likeness (QED) is 0.259. The normalized spacial score (nSPS) is 11.4. The van der Waals surface area contributed by atoms with Crippen LogP contribution < -0.4 is 5.46 Å². The number of hydrogen-bond acceptors (Lipinski definition) is 3. The molecule has 3 nitrogen and oxygen atoms in total. The zero-order chi connectivity index (χ0) is 24.8. The lowest BCUT2D eigenvalue weighted by molar-refractivity contribution is 1.08. The van der Waals surface area contributed by atoms with Crippen molar-refractivity contribution in [3.8, 4) is 34.2 Å². The molecule has 0 saturated heterocycles. The van der Waals surface area contributed by atoms with Gasteiger partial charge in [-0.2, -0.15) is 0 Å². The van der Waals surface area contributed by atoms with Crippen molar-refractivity contribution in [1.29, 1.82) is 0 Å². The zero-order valence-electron chi connectivity index (χ0n) is 20.0. The molecule has 1 heterocycles. The summed E-state index contributed by atoms with van der Waals surface area (Å²) in [5, 5.41) is 6.65. The summed E-state index contributed by atoms with van der Waals surface area (Å²) < 4.78 is 0. The van der Waals surface area contributed by atoms with Crippen molar-refractivity contribution in [3.05, 3.63) is 121 Å². The molecular weight excluding hydrogens is 449 g/mol. The summed E-state index contributed by atoms with van der Waals surface area (Å²) in [6.45, 7) is 0. The maximum Gasteiger partial charge on any atom is 0.164 e. The fourth-order valence-corrected chi connectivity index (χ4v) is 4.93. The Morgan fingerprint density at radius 3 is 1.49 bits per heavy atom. The van der Waals surface area contributed by atoms with Crippen molar-refractivity contribution in [1.82, 2.24) is 15.0 Å². The molecule has 0 unspecified atom stereocenters. The number of fused-ring (bicyclic) bond motifs is 3. The highest BCUT2D eigenvalue weighted by atomic mass is 15.0. The Morgan fingerprint density at radius 2 is 0.892 bits per heavy atom. The first-order valence-corrected chi connectivity index (χ1v) is 12.2. The topological polar surface area (TPSA) is 38.7 Å². The maximum atomic E-state index is 6.30. The SMILES string of the molecule is [B]c1ccc(-c2nc(-c3ccc4ccccc4c3)nc(-c3ccc4ccccc4c3)n2)c2ccccc12. The van der Waals surface area contributed by atoms with Crippen molar-refractivity contribution in [2.45, 2.75) is 0 Å². The molecule has 0 fully saturated rings. The second-order valence-electron chi connectivity index (χ2n) is 9.18. The van der Waals surface area contributed by atoms with Gasteiger partial charge in [0.15, 0.2) is 17.5 Å². The molecule has 2 radical (unpaired) electrons. The zero-order valence-corrected chi connectivity index (χ0v) is 20.0. The van der Waals surface area contributed by atoms with Crippen molar-refractivity contribution in [2.24, 2.45) is 0 Å². The number of benzene rings is 6. The van der Waals surface area contributed by atoms with E-state index in [-0.39, 0.29) is 0 Å². The number of nitrogens with zero attached hydrogens (tertiary/aromatic N) is 3. The van der Waals surface area contributed by atoms with Crippen LogP contribution in [0.3, 0.4) is 0 Å². The summed E-state index contributed by atoms with van der Waals surface area (Å²) in [7, 11) is 6.30. The van der Waals surface area contributed by atoms with Crippen LogP contribution >= 0.6 is 0 Å². The van der Waals surface area contributed by atoms with Gasteiger partial charge in [0, 0.05) is 16.7 Å². The smallest absolute Gasteiger partial charge is 0.164 e. The fraction of sp³-hybridized carbons (Fsp3) is 0. The molecular formula is C33H20BN3. The van der Waals surface area contributed by atoms with Gasteiger partial charge < -0.3 is 0 Å². The Kier molecular flexibility index (Phi) is 5.04. The van der Waals surface area contributed by atoms with Gasteiger partial charge in [0.25, 0.3) is 0 Å². The molecule has 0 aliphatic heterocycles. The molecule has 0 spiro atoms. The van der Waals surface area contributed by atoms with Gasteiger partial charge in [-0.25, -0.2) is 15.0 Å². The summed E-state index contributed by atoms with van der Waals surface area (Å²) in [4.78, 5) is 14.9. The molecule has 6 aromatic carbocycles. The van der Waals surface area contributed by atoms with E-state index in [4.69, 9.17) is 22.8 Å². The molecule has 0 atom stereocenters. The molecule has 0 aliphatic rings. The minimum atomic E-state index is 0.623. The largest absolute Gasteiger partial charge is 0.208 e. The Balaban J connectivity index is 1.49. The van der Waals surface area contributed by atoms with Crippen LogP contribution in [0.2, 0.25) is 0 Å². The molecule has 7 aromatic rings. The third-order valence-corrected chi connectivity index (χ3v) is 6.85. The van der Waals surface area contributed by atoms with Gasteiger partial charge in [-0.1, -0.05) is 115 Å². The average Bonchev–Trinajstić information content (AvgIpc) is 2.97. The predicted molar refractivity (Wildman–Crippen MR) is 154 cm³/mol. The van der Waals surface area contributed by atoms with E-state index in [1.165, 1.54) is 10.8 Å². The molecule has 1 aromatic heterocycles. The lowest BCUT2D eigenvalue weighted by Gasteiger charge is -2.12. The molecule has 0 amide bonds. The highest BCUT2D eigenvalue weighted by molar-refractivity contribution is 6.39. The summed E-state index contributed by atoms with van der Waals surface area (Å²) in [5.74, 6) is 1.90. The van der Waals surface area contributed by atoms with Crippen LogP contribution in [0.5, 0.6) is 0 Å². The summed E-state index contributed by atoms with van der Waals surface area (Å²) >= 11 is 0. The van der Waals surface area contributed by atoms with Gasteiger partial charge >= 0.3 is 0 Å². The molecule has 37 heavy (non-hydrogen) atoms. The molecule has 0 aliphatic carbocycles. The Labute approximate surface area is 215 Å². The first-order valence-electron chi connectivity index (χ1n) is 12.2. The molecule has 0 bridgehead atoms. The number of hydrogen-bond donors (Lipinski definition) is 0. The summed E-state index contributed by atoms with van der Waals surface area (Å²) in [6, 6.07) is 41.3. The number of rotatable bonds is 3. The van der Waals surface area contributed by atoms with Gasteiger partial charge in [-0.15, -0.1) is 0 Å². The molecule has 0 saturated carbocycles. The Morgan fingerprint density at radius 1 is 0.405 bits per heavy atom. The van der Waals surface area contributed by atoms with Gasteiger partial charge in [0.1, 0.15) is 7.85 Å². The van der Waals surface area contributed by atoms with E-state index in [1.54, 1.807) is 0 Å². The van der Waals surface area contributed by atoms with Crippen molar-refractivity contribution < 1.29 is 0 Å². The van der Waals surface area contributed by atoms with Crippen LogP contribution in [-0.2, 0) is 0 Å². The van der Waals surface area contributed by atoms with E-state index < -0.39 is 0 Å². The Bertz CT molecular complexity index is 1860. The van der Waals surface area contributed by atoms with Crippen LogP contribution in [0.4, 0.5) is 0 Å². The van der Waals surface area contributed by atoms with Crippen LogP contribution in [0, 0.1) is 0 Å². The maximum absolute atomic E-state index is 6.30. The van der Waals surface area contributed by atoms with Gasteiger partial charge in [-0.3, -0.25) is 0 Å². The average molecular weight is 469 g/mol. The van der Waals surface area contributed by atoms with E-state index >= 15 is 0 Å². The van der Waals surface area contributed by atoms with Crippen LogP contribution in [0.15, 0.2) is 121 Å². The van der Waals surface area contributed by atoms with Crippen LogP contribution in [-0.4, -0.2) is 22.8 Å². The first-order chi connectivity index (χ1) is 18.2. The molecule has 170 valence electrons. The second kappa shape index (κ2) is 8.68. The third kappa shape index (κ3) is 3.84. The molecule has 4 heteroatoms. The van der Waals surface area contributed by atoms with Crippen molar-refractivity contribution >= 4 is 45.6 Å². The lowest BCUT2D eigenvalue weighted by Crippen LogP contribution is -2.05. The van der Waals surface area contributed by atoms with Gasteiger partial charge in [0.05, 0.1) is 0 Å². The van der Waals surface area contributed by atoms with E-state index in [2.05, 4.69) is 66.7 Å². The lowest BCUT2D eigenvalue weighted by atomic mass is 9.88. The standard InChI is InChI=1S/C33H20BN3/c34-30-18-17-29(27-11-5-6-12-28(27)30)33-36-31(25-15-13-21-7-1-3-9-23(21)19-25)35-32(37-33)26-16-14-22-8-2-4-10-24(22)20-26/h1-20H. The van der Waals surface area contributed by atoms with Gasteiger partial charge in [0.2, 0.25) is 0 Å². The highest BCUT2D eigenvalue weighted by Crippen LogP contribution is 2.31. The fourth-order valence-electron chi connectivity index (χ4n) is 4.93. The minimum absolute atomic E-state index is 0.623. The van der Waals surface area contributed by atoms with E-state index in [0.29, 0.717) is 17.5 Å². The summed E-state index contributed by atoms with van der Waals surface area (Å²) in [6.07, 6.45) is 0. The second-order valence-corrected chi connectivity index (χ2v) is 9.18. The van der Waals surface area contributed by atoms with Crippen molar-refractivity contribution in [3.63, 3.8) is 0 Å². The Hall–Kier alpha value is -4.83. The first kappa shape index (κ1) is 21.5. The van der Waals surface area contributed by atoms with Crippen LogP contribution in [0.1, 0.15) is 0 Å². The molecule has 0 N–H and O–H groups in total. The predicted octanol–water partition coefficient (Wildman–Crippen LogP) is 7.13. The van der Waals surface area contributed by atoms with Gasteiger partial charge in [-0.05, 0) is 44.5 Å². The van der Waals surface area contributed by atoms with Crippen LogP contribution in [0.25, 0.3) is 66.5 Å². The van der Waals surface area contributed by atoms with E-state index in [1.807, 2.05) is 54.6 Å². The highest BCUT2D eigenvalue weighted by Gasteiger charge is 2.15. The van der Waals surface area contributed by atoms with E-state index in [0.717, 1.165) is 43.7 Å². The monoisotopic (exact) mass is 469 g/mol. The van der Waals surface area contributed by atoms with E-state index in [9.17, 15) is 0 Å². The van der Waals surface area contributed by atoms with Crippen molar-refractivity contribution in [2.75, 3.05) is 0 Å². The minimum Gasteiger partial charge on any atom is -0.208 e.